The van der Waals surface area contributed by atoms with Crippen LogP contribution < -0.4 is 4.74 Å². The largest absolute Gasteiger partial charge is 0.472 e. The number of hydrazone groups is 1. The molecule has 28 heavy (non-hydrogen) atoms. The molecular formula is C20H18ClN5O2. The Balaban J connectivity index is 1.48. The van der Waals surface area contributed by atoms with Crippen molar-refractivity contribution in [2.24, 2.45) is 5.10 Å². The van der Waals surface area contributed by atoms with E-state index in [4.69, 9.17) is 21.6 Å². The zero-order valence-corrected chi connectivity index (χ0v) is 15.8. The van der Waals surface area contributed by atoms with E-state index < -0.39 is 0 Å². The van der Waals surface area contributed by atoms with Crippen molar-refractivity contribution in [3.8, 4) is 11.9 Å². The Morgan fingerprint density at radius 2 is 2.07 bits per heavy atom. The van der Waals surface area contributed by atoms with E-state index in [1.54, 1.807) is 6.21 Å². The summed E-state index contributed by atoms with van der Waals surface area (Å²) in [6.07, 6.45) is 5.90. The first kappa shape index (κ1) is 19.5. The van der Waals surface area contributed by atoms with Crippen molar-refractivity contribution in [1.82, 2.24) is 15.0 Å². The van der Waals surface area contributed by atoms with E-state index in [1.807, 2.05) is 30.3 Å². The minimum atomic E-state index is -0.108. The molecule has 2 aromatic rings. The van der Waals surface area contributed by atoms with Crippen molar-refractivity contribution in [3.63, 3.8) is 0 Å². The molecule has 0 bridgehead atoms. The fourth-order valence-corrected chi connectivity index (χ4v) is 2.84. The van der Waals surface area contributed by atoms with Crippen molar-refractivity contribution in [2.75, 3.05) is 6.61 Å². The van der Waals surface area contributed by atoms with Gasteiger partial charge < -0.3 is 4.74 Å². The van der Waals surface area contributed by atoms with E-state index in [-0.39, 0.29) is 30.7 Å². The summed E-state index contributed by atoms with van der Waals surface area (Å²) in [5, 5.41) is 15.1. The van der Waals surface area contributed by atoms with Gasteiger partial charge in [0.2, 0.25) is 11.8 Å². The van der Waals surface area contributed by atoms with Gasteiger partial charge in [0, 0.05) is 24.1 Å². The maximum Gasteiger partial charge on any atom is 0.243 e. The third-order valence-corrected chi connectivity index (χ3v) is 4.45. The molecule has 0 spiro atoms. The minimum absolute atomic E-state index is 0.0759. The molecule has 1 amide bonds. The third-order valence-electron chi connectivity index (χ3n) is 4.20. The van der Waals surface area contributed by atoms with Crippen molar-refractivity contribution < 1.29 is 9.53 Å². The molecule has 0 saturated carbocycles. The van der Waals surface area contributed by atoms with Gasteiger partial charge in [0.1, 0.15) is 12.7 Å². The summed E-state index contributed by atoms with van der Waals surface area (Å²) in [4.78, 5) is 20.5. The van der Waals surface area contributed by atoms with Crippen molar-refractivity contribution in [1.29, 1.82) is 5.26 Å². The second kappa shape index (κ2) is 9.11. The van der Waals surface area contributed by atoms with E-state index in [9.17, 15) is 4.79 Å². The second-order valence-electron chi connectivity index (χ2n) is 6.23. The Morgan fingerprint density at radius 1 is 1.29 bits per heavy atom. The number of carbonyl (C=O) groups is 1. The van der Waals surface area contributed by atoms with Crippen LogP contribution in [0.5, 0.6) is 5.88 Å². The number of nitriles is 1. The van der Waals surface area contributed by atoms with Gasteiger partial charge in [0.15, 0.2) is 5.69 Å². The molecule has 3 rings (SSSR count). The SMILES string of the molecule is C=C(CCC(=O)N1N=CCC1c1ccc(Cl)cc1)COc1cnc(C#N)cn1. The number of amides is 1. The van der Waals surface area contributed by atoms with Crippen LogP contribution in [-0.4, -0.2) is 33.7 Å². The molecule has 1 aromatic carbocycles. The van der Waals surface area contributed by atoms with E-state index >= 15 is 0 Å². The topological polar surface area (TPSA) is 91.5 Å². The van der Waals surface area contributed by atoms with Crippen LogP contribution in [0.15, 0.2) is 53.9 Å². The highest BCUT2D eigenvalue weighted by atomic mass is 35.5. The van der Waals surface area contributed by atoms with Crippen molar-refractivity contribution in [3.05, 3.63) is 65.1 Å². The predicted molar refractivity (Wildman–Crippen MR) is 105 cm³/mol. The van der Waals surface area contributed by atoms with Crippen LogP contribution in [0.25, 0.3) is 0 Å². The normalized spacial score (nSPS) is 15.3. The van der Waals surface area contributed by atoms with Gasteiger partial charge in [-0.1, -0.05) is 30.3 Å². The molecule has 1 unspecified atom stereocenters. The first-order valence-corrected chi connectivity index (χ1v) is 9.06. The smallest absolute Gasteiger partial charge is 0.243 e. The number of halogens is 1. The average molecular weight is 396 g/mol. The van der Waals surface area contributed by atoms with Crippen LogP contribution in [0.4, 0.5) is 0 Å². The molecule has 0 aliphatic carbocycles. The second-order valence-corrected chi connectivity index (χ2v) is 6.67. The highest BCUT2D eigenvalue weighted by Crippen LogP contribution is 2.29. The number of nitrogens with zero attached hydrogens (tertiary/aromatic N) is 5. The number of rotatable bonds is 7. The quantitative estimate of drug-likeness (QED) is 0.667. The standard InChI is InChI=1S/C20H18ClN5O2/c1-14(13-28-19-12-23-17(10-22)11-24-19)2-7-20(27)26-18(8-9-25-26)15-3-5-16(21)6-4-15/h3-6,9,11-12,18H,1-2,7-8,13H2. The average Bonchev–Trinajstić information content (AvgIpc) is 3.21. The van der Waals surface area contributed by atoms with Gasteiger partial charge in [-0.15, -0.1) is 0 Å². The zero-order valence-electron chi connectivity index (χ0n) is 15.1. The lowest BCUT2D eigenvalue weighted by atomic mass is 10.0. The van der Waals surface area contributed by atoms with Gasteiger partial charge in [-0.2, -0.15) is 10.4 Å². The summed E-state index contributed by atoms with van der Waals surface area (Å²) in [5.74, 6) is 0.228. The molecule has 0 saturated heterocycles. The number of benzene rings is 1. The molecule has 1 aromatic heterocycles. The number of carbonyl (C=O) groups excluding carboxylic acids is 1. The Morgan fingerprint density at radius 3 is 2.75 bits per heavy atom. The molecule has 1 atom stereocenters. The number of hydrogen-bond donors (Lipinski definition) is 0. The molecule has 0 radical (unpaired) electrons. The Hall–Kier alpha value is -3.24. The lowest BCUT2D eigenvalue weighted by Gasteiger charge is -2.22. The molecule has 8 heteroatoms. The summed E-state index contributed by atoms with van der Waals surface area (Å²) in [6.45, 7) is 4.16. The first-order chi connectivity index (χ1) is 13.6. The summed E-state index contributed by atoms with van der Waals surface area (Å²) < 4.78 is 5.48. The summed E-state index contributed by atoms with van der Waals surface area (Å²) in [5.41, 5.74) is 1.97. The van der Waals surface area contributed by atoms with Crippen LogP contribution in [0.2, 0.25) is 5.02 Å². The van der Waals surface area contributed by atoms with Crippen LogP contribution in [-0.2, 0) is 4.79 Å². The van der Waals surface area contributed by atoms with Gasteiger partial charge in [0.25, 0.3) is 0 Å². The molecule has 1 aliphatic heterocycles. The summed E-state index contributed by atoms with van der Waals surface area (Å²) in [7, 11) is 0. The molecule has 142 valence electrons. The lowest BCUT2D eigenvalue weighted by molar-refractivity contribution is -0.133. The van der Waals surface area contributed by atoms with E-state index in [0.29, 0.717) is 23.7 Å². The zero-order chi connectivity index (χ0) is 19.9. The van der Waals surface area contributed by atoms with Crippen molar-refractivity contribution >= 4 is 23.7 Å². The van der Waals surface area contributed by atoms with Crippen LogP contribution in [0, 0.1) is 11.3 Å². The maximum absolute atomic E-state index is 12.6. The summed E-state index contributed by atoms with van der Waals surface area (Å²) in [6, 6.07) is 9.22. The highest BCUT2D eigenvalue weighted by molar-refractivity contribution is 6.30. The third kappa shape index (κ3) is 4.93. The van der Waals surface area contributed by atoms with Gasteiger partial charge in [-0.3, -0.25) is 4.79 Å². The highest BCUT2D eigenvalue weighted by Gasteiger charge is 2.27. The Labute approximate surface area is 167 Å². The fraction of sp³-hybridized carbons (Fsp3) is 0.250. The van der Waals surface area contributed by atoms with Crippen LogP contribution >= 0.6 is 11.6 Å². The number of ether oxygens (including phenoxy) is 1. The molecule has 2 heterocycles. The van der Waals surface area contributed by atoms with E-state index in [1.165, 1.54) is 17.4 Å². The molecule has 0 fully saturated rings. The van der Waals surface area contributed by atoms with Gasteiger partial charge >= 0.3 is 0 Å². The lowest BCUT2D eigenvalue weighted by Crippen LogP contribution is -2.27. The monoisotopic (exact) mass is 395 g/mol. The van der Waals surface area contributed by atoms with E-state index in [0.717, 1.165) is 11.1 Å². The predicted octanol–water partition coefficient (Wildman–Crippen LogP) is 3.68. The molecular weight excluding hydrogens is 378 g/mol. The summed E-state index contributed by atoms with van der Waals surface area (Å²) >= 11 is 5.94. The van der Waals surface area contributed by atoms with Crippen molar-refractivity contribution in [2.45, 2.75) is 25.3 Å². The maximum atomic E-state index is 12.6. The van der Waals surface area contributed by atoms with E-state index in [2.05, 4.69) is 21.6 Å². The number of hydrogen-bond acceptors (Lipinski definition) is 6. The molecule has 7 nitrogen and oxygen atoms in total. The van der Waals surface area contributed by atoms with Gasteiger partial charge in [-0.25, -0.2) is 15.0 Å². The fourth-order valence-electron chi connectivity index (χ4n) is 2.71. The van der Waals surface area contributed by atoms with Crippen LogP contribution in [0.3, 0.4) is 0 Å². The Kier molecular flexibility index (Phi) is 6.35. The number of aromatic nitrogens is 2. The molecule has 1 aliphatic rings. The molecule has 0 N–H and O–H groups in total. The van der Waals surface area contributed by atoms with Gasteiger partial charge in [0.05, 0.1) is 18.4 Å². The minimum Gasteiger partial charge on any atom is -0.472 e. The first-order valence-electron chi connectivity index (χ1n) is 8.68. The van der Waals surface area contributed by atoms with Gasteiger partial charge in [-0.05, 0) is 29.7 Å². The Bertz CT molecular complexity index is 919. The van der Waals surface area contributed by atoms with Crippen LogP contribution in [0.1, 0.15) is 36.6 Å².